The van der Waals surface area contributed by atoms with E-state index in [0.717, 1.165) is 23.9 Å². The van der Waals surface area contributed by atoms with Crippen LogP contribution in [-0.4, -0.2) is 23.4 Å². The first-order valence-corrected chi connectivity index (χ1v) is 4.68. The van der Waals surface area contributed by atoms with E-state index < -0.39 is 18.8 Å². The summed E-state index contributed by atoms with van der Waals surface area (Å²) in [5, 5.41) is 17.4. The lowest BCUT2D eigenvalue weighted by Gasteiger charge is -2.06. The monoisotopic (exact) mass is 204 g/mol. The lowest BCUT2D eigenvalue weighted by Crippen LogP contribution is -2.33. The third kappa shape index (κ3) is 2.01. The number of rotatable bonds is 2. The first kappa shape index (κ1) is 10.5. The minimum Gasteiger partial charge on any atom is -0.423 e. The fourth-order valence-electron chi connectivity index (χ4n) is 0.934. The summed E-state index contributed by atoms with van der Waals surface area (Å²) < 4.78 is 26.1. The van der Waals surface area contributed by atoms with Gasteiger partial charge >= 0.3 is 7.12 Å². The van der Waals surface area contributed by atoms with Crippen LogP contribution >= 0.6 is 11.8 Å². The van der Waals surface area contributed by atoms with Crippen LogP contribution < -0.4 is 5.46 Å². The zero-order chi connectivity index (χ0) is 10.0. The zero-order valence-corrected chi connectivity index (χ0v) is 7.61. The Morgan fingerprint density at radius 2 is 1.92 bits per heavy atom. The molecule has 1 rings (SSSR count). The van der Waals surface area contributed by atoms with Crippen molar-refractivity contribution in [2.24, 2.45) is 0 Å². The Hall–Kier alpha value is -0.585. The quantitative estimate of drug-likeness (QED) is 0.540. The molecule has 13 heavy (non-hydrogen) atoms. The van der Waals surface area contributed by atoms with Crippen LogP contribution in [0.5, 0.6) is 0 Å². The Balaban J connectivity index is 3.27. The molecular weight excluding hydrogens is 197 g/mol. The van der Waals surface area contributed by atoms with Crippen molar-refractivity contribution < 1.29 is 18.8 Å². The zero-order valence-electron chi connectivity index (χ0n) is 6.79. The molecule has 0 aliphatic rings. The smallest absolute Gasteiger partial charge is 0.423 e. The molecule has 0 radical (unpaired) electrons. The number of benzene rings is 1. The minimum absolute atomic E-state index is 0.203. The third-order valence-electron chi connectivity index (χ3n) is 1.56. The summed E-state index contributed by atoms with van der Waals surface area (Å²) in [6.45, 7) is 0. The Morgan fingerprint density at radius 3 is 2.38 bits per heavy atom. The van der Waals surface area contributed by atoms with Crippen molar-refractivity contribution in [3.8, 4) is 0 Å². The fraction of sp³-hybridized carbons (Fsp3) is 0.143. The average Bonchev–Trinajstić information content (AvgIpc) is 2.04. The summed E-state index contributed by atoms with van der Waals surface area (Å²) in [5.74, 6) is -1.61. The first-order valence-electron chi connectivity index (χ1n) is 3.46. The van der Waals surface area contributed by atoms with Crippen LogP contribution in [0.2, 0.25) is 0 Å². The highest BCUT2D eigenvalue weighted by Gasteiger charge is 2.20. The van der Waals surface area contributed by atoms with Gasteiger partial charge in [0.15, 0.2) is 0 Å². The van der Waals surface area contributed by atoms with E-state index in [1.54, 1.807) is 0 Å². The Bertz CT molecular complexity index is 320. The number of hydrogen-bond acceptors (Lipinski definition) is 3. The van der Waals surface area contributed by atoms with Crippen LogP contribution in [0.4, 0.5) is 8.78 Å². The molecule has 0 atom stereocenters. The second-order valence-electron chi connectivity index (χ2n) is 2.36. The summed E-state index contributed by atoms with van der Waals surface area (Å²) in [6.07, 6.45) is 1.51. The molecule has 0 aliphatic heterocycles. The van der Waals surface area contributed by atoms with Gasteiger partial charge in [-0.3, -0.25) is 0 Å². The SMILES string of the molecule is CSc1c(F)ccc(B(O)O)c1F. The van der Waals surface area contributed by atoms with Crippen LogP contribution in [0, 0.1) is 11.6 Å². The summed E-state index contributed by atoms with van der Waals surface area (Å²) in [5.41, 5.74) is -0.314. The van der Waals surface area contributed by atoms with Gasteiger partial charge in [-0.25, -0.2) is 8.78 Å². The molecule has 0 heterocycles. The van der Waals surface area contributed by atoms with E-state index in [1.807, 2.05) is 0 Å². The minimum atomic E-state index is -1.91. The molecule has 0 saturated heterocycles. The van der Waals surface area contributed by atoms with Crippen LogP contribution in [0.3, 0.4) is 0 Å². The molecule has 1 aromatic carbocycles. The molecule has 1 aromatic rings. The van der Waals surface area contributed by atoms with E-state index >= 15 is 0 Å². The topological polar surface area (TPSA) is 40.5 Å². The van der Waals surface area contributed by atoms with Crippen molar-refractivity contribution >= 4 is 24.3 Å². The number of hydrogen-bond donors (Lipinski definition) is 2. The first-order chi connectivity index (χ1) is 6.07. The van der Waals surface area contributed by atoms with Gasteiger partial charge in [-0.05, 0) is 12.3 Å². The molecule has 0 fully saturated rings. The van der Waals surface area contributed by atoms with Gasteiger partial charge in [0, 0.05) is 5.46 Å². The Kier molecular flexibility index (Phi) is 3.30. The Labute approximate surface area is 78.7 Å². The molecule has 70 valence electrons. The van der Waals surface area contributed by atoms with Gasteiger partial charge in [0.2, 0.25) is 0 Å². The van der Waals surface area contributed by atoms with Crippen molar-refractivity contribution in [2.75, 3.05) is 6.26 Å². The number of thioether (sulfide) groups is 1. The van der Waals surface area contributed by atoms with Gasteiger partial charge in [0.25, 0.3) is 0 Å². The largest absolute Gasteiger partial charge is 0.491 e. The molecule has 0 unspecified atom stereocenters. The molecule has 0 amide bonds. The maximum Gasteiger partial charge on any atom is 0.491 e. The lowest BCUT2D eigenvalue weighted by molar-refractivity contribution is 0.421. The van der Waals surface area contributed by atoms with Gasteiger partial charge in [0.1, 0.15) is 11.6 Å². The van der Waals surface area contributed by atoms with Gasteiger partial charge in [-0.2, -0.15) is 0 Å². The highest BCUT2D eigenvalue weighted by molar-refractivity contribution is 7.98. The van der Waals surface area contributed by atoms with Gasteiger partial charge in [0.05, 0.1) is 4.90 Å². The second kappa shape index (κ2) is 4.08. The summed E-state index contributed by atoms with van der Waals surface area (Å²) in [6, 6.07) is 2.01. The van der Waals surface area contributed by atoms with Crippen LogP contribution in [0.15, 0.2) is 17.0 Å². The van der Waals surface area contributed by atoms with Gasteiger partial charge in [-0.15, -0.1) is 11.8 Å². The summed E-state index contributed by atoms with van der Waals surface area (Å²) in [7, 11) is -1.91. The average molecular weight is 204 g/mol. The lowest BCUT2D eigenvalue weighted by atomic mass is 9.80. The summed E-state index contributed by atoms with van der Waals surface area (Å²) in [4.78, 5) is -0.203. The predicted molar refractivity (Wildman–Crippen MR) is 48.0 cm³/mol. The van der Waals surface area contributed by atoms with Crippen molar-refractivity contribution in [1.29, 1.82) is 0 Å². The fourth-order valence-corrected chi connectivity index (χ4v) is 1.49. The molecule has 0 saturated carbocycles. The predicted octanol–water partition coefficient (Wildman–Crippen LogP) is 0.366. The molecule has 2 N–H and O–H groups in total. The highest BCUT2D eigenvalue weighted by atomic mass is 32.2. The molecule has 0 aliphatic carbocycles. The van der Waals surface area contributed by atoms with Crippen LogP contribution in [0.1, 0.15) is 0 Å². The van der Waals surface area contributed by atoms with E-state index in [1.165, 1.54) is 6.26 Å². The van der Waals surface area contributed by atoms with Gasteiger partial charge in [-0.1, -0.05) is 6.07 Å². The second-order valence-corrected chi connectivity index (χ2v) is 3.17. The maximum absolute atomic E-state index is 13.2. The molecule has 0 bridgehead atoms. The van der Waals surface area contributed by atoms with Crippen molar-refractivity contribution in [3.63, 3.8) is 0 Å². The third-order valence-corrected chi connectivity index (χ3v) is 2.34. The molecular formula is C7H7BF2O2S. The van der Waals surface area contributed by atoms with Crippen molar-refractivity contribution in [2.45, 2.75) is 4.90 Å². The van der Waals surface area contributed by atoms with Crippen molar-refractivity contribution in [3.05, 3.63) is 23.8 Å². The molecule has 6 heteroatoms. The van der Waals surface area contributed by atoms with E-state index in [4.69, 9.17) is 10.0 Å². The normalized spacial score (nSPS) is 10.2. The molecule has 0 spiro atoms. The van der Waals surface area contributed by atoms with E-state index in [-0.39, 0.29) is 10.4 Å². The van der Waals surface area contributed by atoms with Crippen LogP contribution in [0.25, 0.3) is 0 Å². The van der Waals surface area contributed by atoms with E-state index in [0.29, 0.717) is 0 Å². The standard InChI is InChI=1S/C7H7BF2O2S/c1-13-7-5(9)3-2-4(6(7)10)8(11)12/h2-3,11-12H,1H3. The molecule has 0 aromatic heterocycles. The maximum atomic E-state index is 13.2. The molecule has 2 nitrogen and oxygen atoms in total. The Morgan fingerprint density at radius 1 is 1.31 bits per heavy atom. The number of halogens is 2. The highest BCUT2D eigenvalue weighted by Crippen LogP contribution is 2.21. The summed E-state index contributed by atoms with van der Waals surface area (Å²) >= 11 is 0.881. The van der Waals surface area contributed by atoms with Crippen LogP contribution in [-0.2, 0) is 0 Å². The van der Waals surface area contributed by atoms with E-state index in [9.17, 15) is 8.78 Å². The van der Waals surface area contributed by atoms with Crippen molar-refractivity contribution in [1.82, 2.24) is 0 Å². The van der Waals surface area contributed by atoms with E-state index in [2.05, 4.69) is 0 Å². The van der Waals surface area contributed by atoms with Gasteiger partial charge < -0.3 is 10.0 Å².